The van der Waals surface area contributed by atoms with E-state index in [1.54, 1.807) is 0 Å². The minimum atomic E-state index is 0.167. The third-order valence-corrected chi connectivity index (χ3v) is 7.14. The molecule has 0 radical (unpaired) electrons. The molecule has 1 aromatic heterocycles. The van der Waals surface area contributed by atoms with Gasteiger partial charge in [-0.15, -0.1) is 0 Å². The second-order valence-corrected chi connectivity index (χ2v) is 9.06. The van der Waals surface area contributed by atoms with E-state index in [9.17, 15) is 4.79 Å². The molecular formula is C19H23N3OS. The van der Waals surface area contributed by atoms with Crippen molar-refractivity contribution >= 4 is 34.4 Å². The molecule has 1 heterocycles. The van der Waals surface area contributed by atoms with Crippen molar-refractivity contribution in [2.75, 3.05) is 5.32 Å². The fraction of sp³-hybridized carbons (Fsp3) is 0.632. The number of hydrogen-bond donors (Lipinski definition) is 1. The van der Waals surface area contributed by atoms with Crippen LogP contribution in [-0.2, 0) is 4.79 Å². The van der Waals surface area contributed by atoms with E-state index in [4.69, 9.17) is 0 Å². The summed E-state index contributed by atoms with van der Waals surface area (Å²) in [5, 5.41) is 3.18. The third-order valence-electron chi connectivity index (χ3n) is 6.60. The van der Waals surface area contributed by atoms with E-state index in [1.165, 1.54) is 50.3 Å². The zero-order valence-electron chi connectivity index (χ0n) is 14.0. The number of hydrogen-bond acceptors (Lipinski definition) is 4. The number of carbonyl (C=O) groups is 1. The van der Waals surface area contributed by atoms with E-state index >= 15 is 0 Å². The summed E-state index contributed by atoms with van der Waals surface area (Å²) < 4.78 is 8.66. The molecule has 2 aromatic rings. The maximum absolute atomic E-state index is 12.9. The number of nitrogens with one attached hydrogen (secondary N) is 1. The fourth-order valence-corrected chi connectivity index (χ4v) is 6.68. The van der Waals surface area contributed by atoms with Crippen LogP contribution in [0.2, 0.25) is 0 Å². The molecule has 4 aliphatic carbocycles. The molecule has 0 saturated heterocycles. The predicted molar refractivity (Wildman–Crippen MR) is 96.0 cm³/mol. The van der Waals surface area contributed by atoms with Gasteiger partial charge in [-0.2, -0.15) is 8.75 Å². The van der Waals surface area contributed by atoms with Gasteiger partial charge in [0, 0.05) is 6.42 Å². The van der Waals surface area contributed by atoms with E-state index < -0.39 is 0 Å². The average Bonchev–Trinajstić information content (AvgIpc) is 2.97. The molecule has 0 aliphatic heterocycles. The number of anilines is 1. The first-order chi connectivity index (χ1) is 11.6. The molecule has 0 atom stereocenters. The van der Waals surface area contributed by atoms with Crippen LogP contribution in [0.3, 0.4) is 0 Å². The molecule has 6 rings (SSSR count). The summed E-state index contributed by atoms with van der Waals surface area (Å²) in [7, 11) is 0. The normalized spacial score (nSPS) is 34.0. The molecule has 1 amide bonds. The first-order valence-corrected chi connectivity index (χ1v) is 9.85. The van der Waals surface area contributed by atoms with Crippen molar-refractivity contribution in [1.82, 2.24) is 8.75 Å². The predicted octanol–water partition coefficient (Wildman–Crippen LogP) is 4.54. The quantitative estimate of drug-likeness (QED) is 0.891. The molecule has 4 aliphatic rings. The van der Waals surface area contributed by atoms with Gasteiger partial charge in [-0.25, -0.2) is 0 Å². The Hall–Kier alpha value is -1.49. The standard InChI is InChI=1S/C19H23N3OS/c1-11-2-3-15-18(22-24-21-15)17(11)20-16(23)10-19-7-12-4-13(8-19)6-14(5-12)9-19/h2-3,12-14H,4-10H2,1H3,(H,20,23). The number of amides is 1. The number of fused-ring (bicyclic) bond motifs is 1. The number of nitrogens with zero attached hydrogens (tertiary/aromatic N) is 2. The Morgan fingerprint density at radius 2 is 1.83 bits per heavy atom. The summed E-state index contributed by atoms with van der Waals surface area (Å²) in [6.07, 6.45) is 8.76. The first-order valence-electron chi connectivity index (χ1n) is 9.12. The molecule has 1 aromatic carbocycles. The van der Waals surface area contributed by atoms with Crippen LogP contribution < -0.4 is 5.32 Å². The Morgan fingerprint density at radius 1 is 1.17 bits per heavy atom. The van der Waals surface area contributed by atoms with E-state index in [-0.39, 0.29) is 11.3 Å². The third kappa shape index (κ3) is 2.36. The van der Waals surface area contributed by atoms with Crippen LogP contribution in [0.5, 0.6) is 0 Å². The zero-order chi connectivity index (χ0) is 16.3. The van der Waals surface area contributed by atoms with Gasteiger partial charge in [0.15, 0.2) is 0 Å². The van der Waals surface area contributed by atoms with Gasteiger partial charge in [-0.05, 0) is 80.2 Å². The Kier molecular flexibility index (Phi) is 3.24. The highest BCUT2D eigenvalue weighted by Crippen LogP contribution is 2.61. The molecule has 4 nitrogen and oxygen atoms in total. The van der Waals surface area contributed by atoms with E-state index in [1.807, 2.05) is 19.1 Å². The lowest BCUT2D eigenvalue weighted by Crippen LogP contribution is -2.47. The summed E-state index contributed by atoms with van der Waals surface area (Å²) >= 11 is 1.21. The van der Waals surface area contributed by atoms with Crippen LogP contribution in [0, 0.1) is 30.1 Å². The molecule has 4 bridgehead atoms. The van der Waals surface area contributed by atoms with Crippen molar-refractivity contribution < 1.29 is 4.79 Å². The summed E-state index contributed by atoms with van der Waals surface area (Å²) in [5.74, 6) is 2.83. The van der Waals surface area contributed by atoms with E-state index in [0.717, 1.165) is 40.0 Å². The van der Waals surface area contributed by atoms with Gasteiger partial charge in [0.2, 0.25) is 5.91 Å². The van der Waals surface area contributed by atoms with Crippen LogP contribution in [-0.4, -0.2) is 14.7 Å². The van der Waals surface area contributed by atoms with Crippen LogP contribution in [0.15, 0.2) is 12.1 Å². The highest BCUT2D eigenvalue weighted by atomic mass is 32.1. The zero-order valence-corrected chi connectivity index (χ0v) is 14.9. The van der Waals surface area contributed by atoms with Gasteiger partial charge in [-0.1, -0.05) is 6.07 Å². The molecule has 4 saturated carbocycles. The number of benzene rings is 1. The van der Waals surface area contributed by atoms with Crippen molar-refractivity contribution in [2.45, 2.75) is 51.9 Å². The van der Waals surface area contributed by atoms with E-state index in [2.05, 4.69) is 14.1 Å². The van der Waals surface area contributed by atoms with Crippen LogP contribution >= 0.6 is 11.7 Å². The topological polar surface area (TPSA) is 54.9 Å². The lowest BCUT2D eigenvalue weighted by atomic mass is 9.49. The average molecular weight is 341 g/mol. The number of aromatic nitrogens is 2. The minimum absolute atomic E-state index is 0.167. The monoisotopic (exact) mass is 341 g/mol. The Bertz CT molecular complexity index is 777. The van der Waals surface area contributed by atoms with Crippen molar-refractivity contribution in [1.29, 1.82) is 0 Å². The molecule has 0 unspecified atom stereocenters. The summed E-state index contributed by atoms with van der Waals surface area (Å²) in [4.78, 5) is 12.9. The number of aryl methyl sites for hydroxylation is 1. The number of rotatable bonds is 3. The minimum Gasteiger partial charge on any atom is -0.324 e. The van der Waals surface area contributed by atoms with Gasteiger partial charge in [0.25, 0.3) is 0 Å². The van der Waals surface area contributed by atoms with Gasteiger partial charge in [0.1, 0.15) is 11.0 Å². The first kappa shape index (κ1) is 14.8. The van der Waals surface area contributed by atoms with Gasteiger partial charge >= 0.3 is 0 Å². The lowest BCUT2D eigenvalue weighted by Gasteiger charge is -2.56. The maximum Gasteiger partial charge on any atom is 0.224 e. The summed E-state index contributed by atoms with van der Waals surface area (Å²) in [5.41, 5.74) is 3.90. The molecule has 5 heteroatoms. The molecule has 0 spiro atoms. The summed E-state index contributed by atoms with van der Waals surface area (Å²) in [6.45, 7) is 2.03. The second kappa shape index (κ2) is 5.25. The van der Waals surface area contributed by atoms with Crippen molar-refractivity contribution in [2.24, 2.45) is 23.2 Å². The highest BCUT2D eigenvalue weighted by molar-refractivity contribution is 7.00. The van der Waals surface area contributed by atoms with Crippen molar-refractivity contribution in [3.05, 3.63) is 17.7 Å². The molecule has 4 fully saturated rings. The molecule has 24 heavy (non-hydrogen) atoms. The smallest absolute Gasteiger partial charge is 0.224 e. The second-order valence-electron chi connectivity index (χ2n) is 8.53. The van der Waals surface area contributed by atoms with Gasteiger partial charge in [-0.3, -0.25) is 4.79 Å². The largest absolute Gasteiger partial charge is 0.324 e. The van der Waals surface area contributed by atoms with E-state index in [0.29, 0.717) is 6.42 Å². The van der Waals surface area contributed by atoms with Crippen molar-refractivity contribution in [3.63, 3.8) is 0 Å². The Balaban J connectivity index is 1.38. The molecular weight excluding hydrogens is 318 g/mol. The maximum atomic E-state index is 12.9. The Labute approximate surface area is 146 Å². The molecule has 126 valence electrons. The SMILES string of the molecule is Cc1ccc2nsnc2c1NC(=O)CC12CC3CC(CC(C3)C1)C2. The lowest BCUT2D eigenvalue weighted by molar-refractivity contribution is -0.124. The number of carbonyl (C=O) groups excluding carboxylic acids is 1. The van der Waals surface area contributed by atoms with Crippen LogP contribution in [0.4, 0.5) is 5.69 Å². The van der Waals surface area contributed by atoms with Crippen molar-refractivity contribution in [3.8, 4) is 0 Å². The van der Waals surface area contributed by atoms with Gasteiger partial charge in [0.05, 0.1) is 17.4 Å². The fourth-order valence-electron chi connectivity index (χ4n) is 6.14. The highest BCUT2D eigenvalue weighted by Gasteiger charge is 2.51. The van der Waals surface area contributed by atoms with Crippen LogP contribution in [0.1, 0.15) is 50.5 Å². The molecule has 1 N–H and O–H groups in total. The van der Waals surface area contributed by atoms with Crippen LogP contribution in [0.25, 0.3) is 11.0 Å². The summed E-state index contributed by atoms with van der Waals surface area (Å²) in [6, 6.07) is 3.99. The van der Waals surface area contributed by atoms with Gasteiger partial charge < -0.3 is 5.32 Å². The Morgan fingerprint density at radius 3 is 2.50 bits per heavy atom.